The molecule has 0 spiro atoms. The van der Waals surface area contributed by atoms with Crippen molar-refractivity contribution >= 4 is 29.3 Å². The van der Waals surface area contributed by atoms with Crippen molar-refractivity contribution < 1.29 is 14.6 Å². The number of benzene rings is 2. The van der Waals surface area contributed by atoms with E-state index < -0.39 is 0 Å². The van der Waals surface area contributed by atoms with Crippen LogP contribution in [0.2, 0.25) is 0 Å². The van der Waals surface area contributed by atoms with Crippen LogP contribution < -0.4 is 10.1 Å². The number of anilines is 1. The van der Waals surface area contributed by atoms with E-state index in [-0.39, 0.29) is 11.7 Å². The van der Waals surface area contributed by atoms with Gasteiger partial charge in [-0.25, -0.2) is 0 Å². The molecule has 23 heavy (non-hydrogen) atoms. The lowest BCUT2D eigenvalue weighted by Crippen LogP contribution is -2.10. The topological polar surface area (TPSA) is 58.6 Å². The molecule has 2 aromatic carbocycles. The van der Waals surface area contributed by atoms with Crippen LogP contribution in [0.15, 0.2) is 48.5 Å². The Morgan fingerprint density at radius 3 is 2.83 bits per heavy atom. The Kier molecular flexibility index (Phi) is 6.06. The number of carbonyl (C=O) groups excluding carboxylic acids is 1. The maximum absolute atomic E-state index is 12.1. The largest absolute Gasteiger partial charge is 0.508 e. The number of phenolic OH excluding ortho intramolecular Hbond substituents is 1. The van der Waals surface area contributed by atoms with Crippen molar-refractivity contribution in [2.75, 3.05) is 18.3 Å². The van der Waals surface area contributed by atoms with Crippen molar-refractivity contribution in [2.24, 2.45) is 0 Å². The predicted octanol–water partition coefficient (Wildman–Crippen LogP) is 3.83. The second-order valence-electron chi connectivity index (χ2n) is 4.84. The van der Waals surface area contributed by atoms with Crippen LogP contribution in [0.1, 0.15) is 11.1 Å². The Labute approximate surface area is 140 Å². The summed E-state index contributed by atoms with van der Waals surface area (Å²) in [6.07, 6.45) is 3.71. The van der Waals surface area contributed by atoms with Crippen LogP contribution in [0.3, 0.4) is 0 Å². The third kappa shape index (κ3) is 4.76. The number of hydrogen-bond donors (Lipinski definition) is 2. The first-order valence-electron chi connectivity index (χ1n) is 7.14. The fraction of sp³-hybridized carbons (Fsp3) is 0.167. The van der Waals surface area contributed by atoms with E-state index in [0.29, 0.717) is 23.7 Å². The quantitative estimate of drug-likeness (QED) is 0.624. The lowest BCUT2D eigenvalue weighted by atomic mass is 10.1. The molecule has 4 nitrogen and oxygen atoms in total. The van der Waals surface area contributed by atoms with Gasteiger partial charge in [-0.15, -0.1) is 11.6 Å². The molecule has 0 aliphatic rings. The first-order chi connectivity index (χ1) is 11.1. The van der Waals surface area contributed by atoms with Gasteiger partial charge in [0.25, 0.3) is 0 Å². The molecule has 1 amide bonds. The number of nitrogens with one attached hydrogen (secondary N) is 1. The number of carbonyl (C=O) groups is 1. The fourth-order valence-corrected chi connectivity index (χ4v) is 2.35. The summed E-state index contributed by atoms with van der Waals surface area (Å²) in [5, 5.41) is 12.3. The third-order valence-electron chi connectivity index (χ3n) is 3.27. The molecule has 5 heteroatoms. The number of aromatic hydroxyl groups is 1. The molecule has 120 valence electrons. The van der Waals surface area contributed by atoms with Gasteiger partial charge in [-0.3, -0.25) is 4.79 Å². The van der Waals surface area contributed by atoms with Gasteiger partial charge in [-0.2, -0.15) is 0 Å². The molecular formula is C18H18ClNO3. The highest BCUT2D eigenvalue weighted by atomic mass is 35.5. The minimum absolute atomic E-state index is 0.0901. The minimum Gasteiger partial charge on any atom is -0.508 e. The van der Waals surface area contributed by atoms with E-state index >= 15 is 0 Å². The number of aryl methyl sites for hydroxylation is 1. The van der Waals surface area contributed by atoms with Crippen molar-refractivity contribution in [1.82, 2.24) is 0 Å². The van der Waals surface area contributed by atoms with Crippen LogP contribution in [-0.2, 0) is 11.2 Å². The molecule has 2 aromatic rings. The van der Waals surface area contributed by atoms with E-state index in [1.807, 2.05) is 24.3 Å². The summed E-state index contributed by atoms with van der Waals surface area (Å²) >= 11 is 5.76. The summed E-state index contributed by atoms with van der Waals surface area (Å²) in [5.74, 6) is 0.923. The first-order valence-corrected chi connectivity index (χ1v) is 7.67. The molecule has 0 aliphatic heterocycles. The van der Waals surface area contributed by atoms with Gasteiger partial charge in [0.05, 0.1) is 7.11 Å². The van der Waals surface area contributed by atoms with Gasteiger partial charge in [0, 0.05) is 29.3 Å². The number of methoxy groups -OCH3 is 1. The van der Waals surface area contributed by atoms with Crippen LogP contribution in [0.5, 0.6) is 11.5 Å². The molecule has 0 saturated heterocycles. The molecule has 0 bridgehead atoms. The lowest BCUT2D eigenvalue weighted by molar-refractivity contribution is -0.111. The van der Waals surface area contributed by atoms with Crippen LogP contribution in [0.4, 0.5) is 5.69 Å². The van der Waals surface area contributed by atoms with Gasteiger partial charge in [-0.05, 0) is 30.2 Å². The minimum atomic E-state index is -0.294. The third-order valence-corrected chi connectivity index (χ3v) is 3.46. The molecule has 0 atom stereocenters. The molecule has 0 unspecified atom stereocenters. The molecule has 2 N–H and O–H groups in total. The van der Waals surface area contributed by atoms with Gasteiger partial charge in [-0.1, -0.05) is 24.3 Å². The zero-order valence-electron chi connectivity index (χ0n) is 12.8. The van der Waals surface area contributed by atoms with E-state index in [1.54, 1.807) is 25.3 Å². The number of amides is 1. The number of rotatable bonds is 6. The van der Waals surface area contributed by atoms with Gasteiger partial charge >= 0.3 is 0 Å². The second kappa shape index (κ2) is 8.25. The summed E-state index contributed by atoms with van der Waals surface area (Å²) in [6, 6.07) is 12.2. The van der Waals surface area contributed by atoms with Crippen molar-refractivity contribution in [3.63, 3.8) is 0 Å². The Morgan fingerprint density at radius 2 is 2.09 bits per heavy atom. The highest BCUT2D eigenvalue weighted by Crippen LogP contribution is 2.23. The predicted molar refractivity (Wildman–Crippen MR) is 93.2 cm³/mol. The smallest absolute Gasteiger partial charge is 0.248 e. The Hall–Kier alpha value is -2.46. The monoisotopic (exact) mass is 331 g/mol. The SMILES string of the molecule is COc1ccccc1C=CC(=O)Nc1cc(O)ccc1CCCl. The summed E-state index contributed by atoms with van der Waals surface area (Å²) < 4.78 is 5.23. The highest BCUT2D eigenvalue weighted by Gasteiger charge is 2.06. The van der Waals surface area contributed by atoms with E-state index in [2.05, 4.69) is 5.32 Å². The molecule has 2 rings (SSSR count). The van der Waals surface area contributed by atoms with E-state index in [0.717, 1.165) is 11.1 Å². The summed E-state index contributed by atoms with van der Waals surface area (Å²) in [6.45, 7) is 0. The van der Waals surface area contributed by atoms with Crippen LogP contribution in [0, 0.1) is 0 Å². The van der Waals surface area contributed by atoms with Crippen molar-refractivity contribution in [2.45, 2.75) is 6.42 Å². The maximum Gasteiger partial charge on any atom is 0.248 e. The summed E-state index contributed by atoms with van der Waals surface area (Å²) in [7, 11) is 1.58. The van der Waals surface area contributed by atoms with E-state index in [4.69, 9.17) is 16.3 Å². The number of para-hydroxylation sites is 1. The van der Waals surface area contributed by atoms with Gasteiger partial charge in [0.15, 0.2) is 0 Å². The highest BCUT2D eigenvalue weighted by molar-refractivity contribution is 6.18. The lowest BCUT2D eigenvalue weighted by Gasteiger charge is -2.09. The molecule has 0 aliphatic carbocycles. The van der Waals surface area contributed by atoms with Crippen LogP contribution in [-0.4, -0.2) is 24.0 Å². The Balaban J connectivity index is 2.13. The van der Waals surface area contributed by atoms with Gasteiger partial charge < -0.3 is 15.2 Å². The average Bonchev–Trinajstić information content (AvgIpc) is 2.56. The molecule has 0 radical (unpaired) electrons. The normalized spacial score (nSPS) is 10.7. The fourth-order valence-electron chi connectivity index (χ4n) is 2.14. The van der Waals surface area contributed by atoms with Crippen LogP contribution >= 0.6 is 11.6 Å². The number of phenols is 1. The Morgan fingerprint density at radius 1 is 1.30 bits per heavy atom. The first kappa shape index (κ1) is 16.9. The summed E-state index contributed by atoms with van der Waals surface area (Å²) in [4.78, 5) is 12.1. The van der Waals surface area contributed by atoms with E-state index in [9.17, 15) is 9.90 Å². The van der Waals surface area contributed by atoms with Gasteiger partial charge in [0.1, 0.15) is 11.5 Å². The zero-order chi connectivity index (χ0) is 16.7. The van der Waals surface area contributed by atoms with Crippen LogP contribution in [0.25, 0.3) is 6.08 Å². The van der Waals surface area contributed by atoms with E-state index in [1.165, 1.54) is 12.1 Å². The number of alkyl halides is 1. The van der Waals surface area contributed by atoms with Crippen molar-refractivity contribution in [3.05, 3.63) is 59.7 Å². The second-order valence-corrected chi connectivity index (χ2v) is 5.22. The molecule has 0 saturated carbocycles. The van der Waals surface area contributed by atoms with Gasteiger partial charge in [0.2, 0.25) is 5.91 Å². The molecular weight excluding hydrogens is 314 g/mol. The summed E-state index contributed by atoms with van der Waals surface area (Å²) in [5.41, 5.74) is 2.24. The van der Waals surface area contributed by atoms with Crippen molar-refractivity contribution in [3.8, 4) is 11.5 Å². The zero-order valence-corrected chi connectivity index (χ0v) is 13.5. The average molecular weight is 332 g/mol. The Bertz CT molecular complexity index is 713. The standard InChI is InChI=1S/C18H18ClNO3/c1-23-17-5-3-2-4-14(17)7-9-18(22)20-16-12-15(21)8-6-13(16)10-11-19/h2-9,12,21H,10-11H2,1H3,(H,20,22). The molecule has 0 aromatic heterocycles. The molecule has 0 heterocycles. The maximum atomic E-state index is 12.1. The number of ether oxygens (including phenoxy) is 1. The molecule has 0 fully saturated rings. The van der Waals surface area contributed by atoms with Crippen molar-refractivity contribution in [1.29, 1.82) is 0 Å². The number of halogens is 1. The number of hydrogen-bond acceptors (Lipinski definition) is 3.